The van der Waals surface area contributed by atoms with Gasteiger partial charge in [-0.25, -0.2) is 4.99 Å². The Morgan fingerprint density at radius 1 is 1.24 bits per heavy atom. The average molecular weight is 465 g/mol. The molecule has 0 bridgehead atoms. The zero-order chi connectivity index (χ0) is 23.7. The van der Waals surface area contributed by atoms with Crippen LogP contribution in [-0.4, -0.2) is 29.2 Å². The quantitative estimate of drug-likeness (QED) is 0.606. The van der Waals surface area contributed by atoms with E-state index in [2.05, 4.69) is 4.99 Å². The lowest BCUT2D eigenvalue weighted by Gasteiger charge is -2.25. The molecule has 1 aliphatic heterocycles. The molecule has 1 N–H and O–H groups in total. The van der Waals surface area contributed by atoms with Crippen LogP contribution in [0.2, 0.25) is 0 Å². The monoisotopic (exact) mass is 464 g/mol. The number of benzene rings is 2. The number of aromatic hydroxyl groups is 1. The molecule has 4 rings (SSSR count). The van der Waals surface area contributed by atoms with E-state index in [1.54, 1.807) is 36.8 Å². The van der Waals surface area contributed by atoms with Crippen molar-refractivity contribution in [1.29, 1.82) is 0 Å². The standard InChI is InChI=1S/C25H24N2O5S/c1-5-32-20-12-16(10-11-18(20)29)13-21-24(30)27-23(17-8-6-7-9-19(17)31-4)22(15(3)28)14(2)26-25(27)33-21/h6-13,23,29H,5H2,1-4H3. The van der Waals surface area contributed by atoms with Gasteiger partial charge in [-0.1, -0.05) is 35.6 Å². The summed E-state index contributed by atoms with van der Waals surface area (Å²) in [5.74, 6) is 0.820. The normalized spacial score (nSPS) is 15.8. The molecule has 0 spiro atoms. The fraction of sp³-hybridized carbons (Fsp3) is 0.240. The van der Waals surface area contributed by atoms with Crippen molar-refractivity contribution < 1.29 is 19.4 Å². The molecule has 3 aromatic rings. The molecule has 0 radical (unpaired) electrons. The second kappa shape index (κ2) is 9.07. The molecule has 0 amide bonds. The van der Waals surface area contributed by atoms with E-state index in [-0.39, 0.29) is 17.1 Å². The topological polar surface area (TPSA) is 90.1 Å². The van der Waals surface area contributed by atoms with Crippen LogP contribution in [0.4, 0.5) is 0 Å². The summed E-state index contributed by atoms with van der Waals surface area (Å²) in [6.45, 7) is 5.50. The second-order valence-corrected chi connectivity index (χ2v) is 8.55. The van der Waals surface area contributed by atoms with E-state index in [9.17, 15) is 14.7 Å². The third-order valence-electron chi connectivity index (χ3n) is 5.42. The summed E-state index contributed by atoms with van der Waals surface area (Å²) in [6, 6.07) is 11.6. The van der Waals surface area contributed by atoms with Crippen LogP contribution >= 0.6 is 11.3 Å². The number of phenolic OH excluding ortho intramolecular Hbond substituents is 1. The molecule has 33 heavy (non-hydrogen) atoms. The molecule has 1 aromatic heterocycles. The van der Waals surface area contributed by atoms with E-state index < -0.39 is 6.04 Å². The Hall–Kier alpha value is -3.65. The number of fused-ring (bicyclic) bond motifs is 1. The van der Waals surface area contributed by atoms with Gasteiger partial charge in [0, 0.05) is 16.8 Å². The van der Waals surface area contributed by atoms with Crippen molar-refractivity contribution >= 4 is 23.2 Å². The molecule has 2 aromatic carbocycles. The molecule has 1 aliphatic rings. The lowest BCUT2D eigenvalue weighted by Crippen LogP contribution is -2.39. The van der Waals surface area contributed by atoms with Crippen molar-refractivity contribution in [2.24, 2.45) is 4.99 Å². The van der Waals surface area contributed by atoms with Crippen LogP contribution in [0.5, 0.6) is 17.2 Å². The number of rotatable bonds is 6. The van der Waals surface area contributed by atoms with Crippen molar-refractivity contribution in [3.8, 4) is 17.2 Å². The summed E-state index contributed by atoms with van der Waals surface area (Å²) in [7, 11) is 1.56. The summed E-state index contributed by atoms with van der Waals surface area (Å²) in [5, 5.41) is 9.97. The van der Waals surface area contributed by atoms with Gasteiger partial charge in [0.05, 0.1) is 24.3 Å². The molecule has 1 unspecified atom stereocenters. The minimum Gasteiger partial charge on any atom is -0.504 e. The van der Waals surface area contributed by atoms with Gasteiger partial charge in [0.25, 0.3) is 5.56 Å². The highest BCUT2D eigenvalue weighted by Crippen LogP contribution is 2.35. The highest BCUT2D eigenvalue weighted by molar-refractivity contribution is 7.07. The molecular weight excluding hydrogens is 440 g/mol. The number of hydrogen-bond acceptors (Lipinski definition) is 7. The van der Waals surface area contributed by atoms with E-state index in [4.69, 9.17) is 9.47 Å². The number of ketones is 1. The Morgan fingerprint density at radius 3 is 2.70 bits per heavy atom. The molecule has 0 fully saturated rings. The first-order chi connectivity index (χ1) is 15.8. The molecule has 2 heterocycles. The zero-order valence-corrected chi connectivity index (χ0v) is 19.6. The van der Waals surface area contributed by atoms with Crippen LogP contribution in [0.3, 0.4) is 0 Å². The first kappa shape index (κ1) is 22.5. The fourth-order valence-electron chi connectivity index (χ4n) is 4.00. The fourth-order valence-corrected chi connectivity index (χ4v) is 5.05. The SMILES string of the molecule is CCOc1cc(C=c2sc3n(c2=O)C(c2ccccc2OC)C(C(C)=O)=C(C)N=3)ccc1O. The predicted octanol–water partition coefficient (Wildman–Crippen LogP) is 2.94. The summed E-state index contributed by atoms with van der Waals surface area (Å²) in [6.07, 6.45) is 1.73. The van der Waals surface area contributed by atoms with Crippen molar-refractivity contribution in [2.45, 2.75) is 26.8 Å². The molecule has 8 heteroatoms. The van der Waals surface area contributed by atoms with E-state index in [0.29, 0.717) is 44.3 Å². The smallest absolute Gasteiger partial charge is 0.271 e. The van der Waals surface area contributed by atoms with Crippen molar-refractivity contribution in [3.05, 3.63) is 84.5 Å². The van der Waals surface area contributed by atoms with Gasteiger partial charge < -0.3 is 14.6 Å². The maximum absolute atomic E-state index is 13.6. The van der Waals surface area contributed by atoms with Crippen molar-refractivity contribution in [1.82, 2.24) is 4.57 Å². The Labute approximate surface area is 194 Å². The van der Waals surface area contributed by atoms with Gasteiger partial charge in [0.15, 0.2) is 22.1 Å². The predicted molar refractivity (Wildman–Crippen MR) is 127 cm³/mol. The van der Waals surface area contributed by atoms with Gasteiger partial charge in [0.1, 0.15) is 5.75 Å². The van der Waals surface area contributed by atoms with Crippen LogP contribution in [-0.2, 0) is 4.79 Å². The molecule has 0 saturated heterocycles. The number of carbonyl (C=O) groups is 1. The third-order valence-corrected chi connectivity index (χ3v) is 6.40. The van der Waals surface area contributed by atoms with Crippen molar-refractivity contribution in [3.63, 3.8) is 0 Å². The average Bonchev–Trinajstić information content (AvgIpc) is 3.09. The van der Waals surface area contributed by atoms with Gasteiger partial charge >= 0.3 is 0 Å². The minimum absolute atomic E-state index is 0.0355. The van der Waals surface area contributed by atoms with Crippen LogP contribution in [0.25, 0.3) is 6.08 Å². The van der Waals surface area contributed by atoms with Crippen LogP contribution in [0.1, 0.15) is 37.9 Å². The van der Waals surface area contributed by atoms with Gasteiger partial charge in [-0.2, -0.15) is 0 Å². The highest BCUT2D eigenvalue weighted by Gasteiger charge is 2.32. The summed E-state index contributed by atoms with van der Waals surface area (Å²) in [5.41, 5.74) is 2.21. The van der Waals surface area contributed by atoms with E-state index in [0.717, 1.165) is 5.56 Å². The number of phenols is 1. The summed E-state index contributed by atoms with van der Waals surface area (Å²) >= 11 is 1.25. The van der Waals surface area contributed by atoms with Crippen LogP contribution < -0.4 is 24.4 Å². The van der Waals surface area contributed by atoms with E-state index in [1.807, 2.05) is 31.2 Å². The number of nitrogens with zero attached hydrogens (tertiary/aromatic N) is 2. The number of methoxy groups -OCH3 is 1. The molecule has 170 valence electrons. The van der Waals surface area contributed by atoms with Crippen LogP contribution in [0, 0.1) is 0 Å². The number of Topliss-reactive ketones (excluding diaryl/α,β-unsaturated/α-hetero) is 1. The molecule has 0 saturated carbocycles. The van der Waals surface area contributed by atoms with Gasteiger partial charge in [0.2, 0.25) is 0 Å². The molecule has 7 nitrogen and oxygen atoms in total. The number of hydrogen-bond donors (Lipinski definition) is 1. The second-order valence-electron chi connectivity index (χ2n) is 7.54. The number of ether oxygens (including phenoxy) is 2. The Balaban J connectivity index is 1.96. The Morgan fingerprint density at radius 2 is 2.00 bits per heavy atom. The van der Waals surface area contributed by atoms with Gasteiger partial charge in [-0.15, -0.1) is 0 Å². The maximum atomic E-state index is 13.6. The number of allylic oxidation sites excluding steroid dienone is 2. The van der Waals surface area contributed by atoms with Crippen LogP contribution in [0.15, 0.2) is 63.5 Å². The first-order valence-corrected chi connectivity index (χ1v) is 11.3. The van der Waals surface area contributed by atoms with Gasteiger partial charge in [-0.3, -0.25) is 14.2 Å². The maximum Gasteiger partial charge on any atom is 0.271 e. The summed E-state index contributed by atoms with van der Waals surface area (Å²) < 4.78 is 13.0. The lowest BCUT2D eigenvalue weighted by atomic mass is 9.93. The molecule has 1 atom stereocenters. The van der Waals surface area contributed by atoms with E-state index >= 15 is 0 Å². The van der Waals surface area contributed by atoms with Crippen molar-refractivity contribution in [2.75, 3.05) is 13.7 Å². The lowest BCUT2D eigenvalue weighted by molar-refractivity contribution is -0.114. The molecular formula is C25H24N2O5S. The largest absolute Gasteiger partial charge is 0.504 e. The van der Waals surface area contributed by atoms with E-state index in [1.165, 1.54) is 24.3 Å². The first-order valence-electron chi connectivity index (χ1n) is 10.5. The third kappa shape index (κ3) is 4.09. The summed E-state index contributed by atoms with van der Waals surface area (Å²) in [4.78, 5) is 31.3. The Bertz CT molecular complexity index is 1450. The minimum atomic E-state index is -0.643. The number of aromatic nitrogens is 1. The highest BCUT2D eigenvalue weighted by atomic mass is 32.1. The number of carbonyl (C=O) groups excluding carboxylic acids is 1. The number of thiazole rings is 1. The molecule has 0 aliphatic carbocycles. The number of para-hydroxylation sites is 1. The Kier molecular flexibility index (Phi) is 6.20. The zero-order valence-electron chi connectivity index (χ0n) is 18.8. The van der Waals surface area contributed by atoms with Gasteiger partial charge in [-0.05, 0) is 50.6 Å².